The van der Waals surface area contributed by atoms with Crippen molar-refractivity contribution in [3.05, 3.63) is 0 Å². The van der Waals surface area contributed by atoms with Crippen molar-refractivity contribution in [3.63, 3.8) is 0 Å². The fourth-order valence-electron chi connectivity index (χ4n) is 1.15. The highest BCUT2D eigenvalue weighted by molar-refractivity contribution is 5.81. The van der Waals surface area contributed by atoms with Crippen molar-refractivity contribution < 1.29 is 32.2 Å². The molecule has 1 N–H and O–H groups in total. The first-order chi connectivity index (χ1) is 8.44. The summed E-state index contributed by atoms with van der Waals surface area (Å²) in [4.78, 5) is 22.7. The average molecular weight is 285 g/mol. The number of carbonyl (C=O) groups excluding carboxylic acids is 2. The number of methoxy groups -OCH3 is 1. The van der Waals surface area contributed by atoms with Crippen molar-refractivity contribution in [2.24, 2.45) is 0 Å². The predicted molar refractivity (Wildman–Crippen MR) is 60.5 cm³/mol. The van der Waals surface area contributed by atoms with Gasteiger partial charge >= 0.3 is 18.2 Å². The summed E-state index contributed by atoms with van der Waals surface area (Å²) in [5.41, 5.74) is -0.811. The van der Waals surface area contributed by atoms with Gasteiger partial charge in [0.2, 0.25) is 0 Å². The van der Waals surface area contributed by atoms with E-state index in [1.807, 2.05) is 0 Å². The van der Waals surface area contributed by atoms with Crippen LogP contribution in [-0.4, -0.2) is 37.0 Å². The van der Waals surface area contributed by atoms with Crippen LogP contribution in [0.25, 0.3) is 0 Å². The van der Waals surface area contributed by atoms with E-state index in [2.05, 4.69) is 10.1 Å². The van der Waals surface area contributed by atoms with Crippen LogP contribution in [0.2, 0.25) is 0 Å². The zero-order chi connectivity index (χ0) is 15.3. The van der Waals surface area contributed by atoms with Gasteiger partial charge in [0.25, 0.3) is 0 Å². The Kier molecular flexibility index (Phi) is 6.11. The highest BCUT2D eigenvalue weighted by atomic mass is 19.4. The van der Waals surface area contributed by atoms with Crippen LogP contribution in [0.15, 0.2) is 0 Å². The number of nitrogens with one attached hydrogen (secondary N) is 1. The van der Waals surface area contributed by atoms with Gasteiger partial charge in [-0.15, -0.1) is 0 Å². The molecule has 0 saturated heterocycles. The second-order valence-corrected chi connectivity index (χ2v) is 4.88. The van der Waals surface area contributed by atoms with Crippen LogP contribution in [-0.2, 0) is 14.3 Å². The molecule has 0 aliphatic carbocycles. The van der Waals surface area contributed by atoms with Gasteiger partial charge in [-0.05, 0) is 27.2 Å². The number of carbonyl (C=O) groups is 2. The molecule has 0 fully saturated rings. The normalized spacial score (nSPS) is 13.6. The van der Waals surface area contributed by atoms with Crippen LogP contribution < -0.4 is 5.32 Å². The Morgan fingerprint density at radius 2 is 1.74 bits per heavy atom. The largest absolute Gasteiger partial charge is 0.467 e. The Balaban J connectivity index is 4.52. The number of esters is 1. The van der Waals surface area contributed by atoms with Gasteiger partial charge in [0.05, 0.1) is 7.11 Å². The standard InChI is InChI=1S/C11H18F3NO4/c1-10(2,3)19-9(17)15-7(8(16)18-4)5-6-11(12,13)14/h7H,5-6H2,1-4H3,(H,15,17). The van der Waals surface area contributed by atoms with Crippen molar-refractivity contribution >= 4 is 12.1 Å². The third-order valence-electron chi connectivity index (χ3n) is 1.89. The second kappa shape index (κ2) is 6.63. The van der Waals surface area contributed by atoms with E-state index < -0.39 is 42.7 Å². The number of hydrogen-bond acceptors (Lipinski definition) is 4. The minimum absolute atomic E-state index is 0.602. The number of hydrogen-bond donors (Lipinski definition) is 1. The lowest BCUT2D eigenvalue weighted by Gasteiger charge is -2.22. The van der Waals surface area contributed by atoms with Crippen LogP contribution in [0.3, 0.4) is 0 Å². The van der Waals surface area contributed by atoms with E-state index >= 15 is 0 Å². The zero-order valence-corrected chi connectivity index (χ0v) is 11.3. The molecule has 8 heteroatoms. The predicted octanol–water partition coefficient (Wildman–Crippen LogP) is 2.40. The lowest BCUT2D eigenvalue weighted by molar-refractivity contribution is -0.148. The third-order valence-corrected chi connectivity index (χ3v) is 1.89. The van der Waals surface area contributed by atoms with Gasteiger partial charge in [-0.1, -0.05) is 0 Å². The van der Waals surface area contributed by atoms with E-state index in [4.69, 9.17) is 4.74 Å². The van der Waals surface area contributed by atoms with E-state index in [-0.39, 0.29) is 0 Å². The van der Waals surface area contributed by atoms with Gasteiger partial charge in [0, 0.05) is 6.42 Å². The van der Waals surface area contributed by atoms with Crippen LogP contribution in [0.5, 0.6) is 0 Å². The maximum Gasteiger partial charge on any atom is 0.408 e. The van der Waals surface area contributed by atoms with E-state index in [0.29, 0.717) is 0 Å². The Hall–Kier alpha value is -1.47. The van der Waals surface area contributed by atoms with E-state index in [9.17, 15) is 22.8 Å². The molecule has 0 radical (unpaired) electrons. The van der Waals surface area contributed by atoms with Gasteiger partial charge < -0.3 is 14.8 Å². The van der Waals surface area contributed by atoms with E-state index in [0.717, 1.165) is 7.11 Å². The summed E-state index contributed by atoms with van der Waals surface area (Å²) in [5, 5.41) is 2.06. The van der Waals surface area contributed by atoms with Crippen LogP contribution in [0.4, 0.5) is 18.0 Å². The van der Waals surface area contributed by atoms with Crippen molar-refractivity contribution in [1.29, 1.82) is 0 Å². The smallest absolute Gasteiger partial charge is 0.408 e. The lowest BCUT2D eigenvalue weighted by Crippen LogP contribution is -2.44. The number of rotatable bonds is 4. The number of amides is 1. The molecule has 0 aliphatic rings. The van der Waals surface area contributed by atoms with Gasteiger partial charge in [-0.2, -0.15) is 13.2 Å². The maximum absolute atomic E-state index is 12.1. The summed E-state index contributed by atoms with van der Waals surface area (Å²) in [5.74, 6) is -0.949. The molecule has 112 valence electrons. The molecule has 1 amide bonds. The van der Waals surface area contributed by atoms with Crippen LogP contribution in [0.1, 0.15) is 33.6 Å². The van der Waals surface area contributed by atoms with E-state index in [1.54, 1.807) is 20.8 Å². The number of alkyl halides is 3. The Bertz CT molecular complexity index is 323. The SMILES string of the molecule is COC(=O)C(CCC(F)(F)F)NC(=O)OC(C)(C)C. The van der Waals surface area contributed by atoms with Gasteiger partial charge in [-0.25, -0.2) is 9.59 Å². The maximum atomic E-state index is 12.1. The average Bonchev–Trinajstić information content (AvgIpc) is 2.19. The molecule has 1 atom stereocenters. The van der Waals surface area contributed by atoms with Gasteiger partial charge in [0.1, 0.15) is 11.6 Å². The summed E-state index contributed by atoms with van der Waals surface area (Å²) in [6.07, 6.45) is -7.19. The number of ether oxygens (including phenoxy) is 2. The molecule has 0 aliphatic heterocycles. The molecule has 19 heavy (non-hydrogen) atoms. The molecule has 0 aromatic heterocycles. The quantitative estimate of drug-likeness (QED) is 0.805. The molecular formula is C11H18F3NO4. The minimum atomic E-state index is -4.41. The molecule has 0 rings (SSSR count). The molecule has 5 nitrogen and oxygen atoms in total. The number of halogens is 3. The fraction of sp³-hybridized carbons (Fsp3) is 0.818. The van der Waals surface area contributed by atoms with Crippen molar-refractivity contribution in [2.45, 2.75) is 51.4 Å². The summed E-state index contributed by atoms with van der Waals surface area (Å²) >= 11 is 0. The first-order valence-corrected chi connectivity index (χ1v) is 5.58. The summed E-state index contributed by atoms with van der Waals surface area (Å²) in [7, 11) is 1.03. The first-order valence-electron chi connectivity index (χ1n) is 5.58. The topological polar surface area (TPSA) is 64.6 Å². The Morgan fingerprint density at radius 1 is 1.21 bits per heavy atom. The van der Waals surface area contributed by atoms with Gasteiger partial charge in [-0.3, -0.25) is 0 Å². The molecule has 1 unspecified atom stereocenters. The first kappa shape index (κ1) is 17.5. The Morgan fingerprint density at radius 3 is 2.11 bits per heavy atom. The highest BCUT2D eigenvalue weighted by Gasteiger charge is 2.32. The Labute approximate surface area is 109 Å². The summed E-state index contributed by atoms with van der Waals surface area (Å²) in [6.45, 7) is 4.78. The monoisotopic (exact) mass is 285 g/mol. The van der Waals surface area contributed by atoms with Crippen LogP contribution >= 0.6 is 0 Å². The molecule has 0 saturated carbocycles. The summed E-state index contributed by atoms with van der Waals surface area (Å²) in [6, 6.07) is -1.39. The highest BCUT2D eigenvalue weighted by Crippen LogP contribution is 2.22. The molecule has 0 aromatic rings. The third kappa shape index (κ3) is 9.15. The molecular weight excluding hydrogens is 267 g/mol. The lowest BCUT2D eigenvalue weighted by atomic mass is 10.1. The fourth-order valence-corrected chi connectivity index (χ4v) is 1.15. The zero-order valence-electron chi connectivity index (χ0n) is 11.3. The minimum Gasteiger partial charge on any atom is -0.467 e. The summed E-state index contributed by atoms with van der Waals surface area (Å²) < 4.78 is 45.5. The molecule has 0 heterocycles. The van der Waals surface area contributed by atoms with Gasteiger partial charge in [0.15, 0.2) is 0 Å². The van der Waals surface area contributed by atoms with E-state index in [1.165, 1.54) is 0 Å². The van der Waals surface area contributed by atoms with Crippen molar-refractivity contribution in [1.82, 2.24) is 5.32 Å². The number of alkyl carbamates (subject to hydrolysis) is 1. The van der Waals surface area contributed by atoms with Crippen molar-refractivity contribution in [3.8, 4) is 0 Å². The molecule has 0 spiro atoms. The van der Waals surface area contributed by atoms with Crippen molar-refractivity contribution in [2.75, 3.05) is 7.11 Å². The second-order valence-electron chi connectivity index (χ2n) is 4.88. The van der Waals surface area contributed by atoms with Crippen LogP contribution in [0, 0.1) is 0 Å². The molecule has 0 bridgehead atoms. The molecule has 0 aromatic carbocycles.